The van der Waals surface area contributed by atoms with Crippen molar-refractivity contribution in [1.82, 2.24) is 14.9 Å². The van der Waals surface area contributed by atoms with Crippen molar-refractivity contribution in [3.8, 4) is 0 Å². The molecule has 0 bridgehead atoms. The van der Waals surface area contributed by atoms with Crippen molar-refractivity contribution >= 4 is 27.0 Å². The summed E-state index contributed by atoms with van der Waals surface area (Å²) in [5, 5.41) is 3.33. The number of nitrogens with zero attached hydrogens (tertiary/aromatic N) is 2. The van der Waals surface area contributed by atoms with E-state index in [1.807, 2.05) is 7.05 Å². The van der Waals surface area contributed by atoms with Crippen LogP contribution in [-0.2, 0) is 11.3 Å². The van der Waals surface area contributed by atoms with E-state index in [9.17, 15) is 0 Å². The Kier molecular flexibility index (Phi) is 3.60. The summed E-state index contributed by atoms with van der Waals surface area (Å²) in [4.78, 5) is 4.84. The molecule has 2 atom stereocenters. The maximum absolute atomic E-state index is 5.61. The highest BCUT2D eigenvalue weighted by Gasteiger charge is 2.32. The third-order valence-corrected chi connectivity index (χ3v) is 4.33. The van der Waals surface area contributed by atoms with Crippen LogP contribution in [0.4, 0.5) is 0 Å². The predicted octanol–water partition coefficient (Wildman–Crippen LogP) is 2.52. The van der Waals surface area contributed by atoms with Crippen LogP contribution in [0.3, 0.4) is 0 Å². The molecule has 5 heteroatoms. The molecule has 0 radical (unpaired) electrons. The first-order valence-corrected chi connectivity index (χ1v) is 7.44. The van der Waals surface area contributed by atoms with Gasteiger partial charge in [-0.05, 0) is 32.2 Å². The molecule has 19 heavy (non-hydrogen) atoms. The highest BCUT2D eigenvalue weighted by molar-refractivity contribution is 9.10. The van der Waals surface area contributed by atoms with Gasteiger partial charge in [0.05, 0.1) is 30.2 Å². The van der Waals surface area contributed by atoms with Crippen molar-refractivity contribution in [3.63, 3.8) is 0 Å². The van der Waals surface area contributed by atoms with Crippen LogP contribution in [0.1, 0.15) is 18.7 Å². The maximum Gasteiger partial charge on any atom is 0.116 e. The van der Waals surface area contributed by atoms with Gasteiger partial charge in [0.15, 0.2) is 0 Å². The summed E-state index contributed by atoms with van der Waals surface area (Å²) in [6.07, 6.45) is 0. The number of aryl methyl sites for hydroxylation is 1. The average molecular weight is 324 g/mol. The molecule has 0 spiro atoms. The Morgan fingerprint density at radius 1 is 1.47 bits per heavy atom. The zero-order valence-corrected chi connectivity index (χ0v) is 12.8. The first-order valence-electron chi connectivity index (χ1n) is 6.65. The molecule has 1 N–H and O–H groups in total. The highest BCUT2D eigenvalue weighted by Crippen LogP contribution is 2.29. The third-order valence-electron chi connectivity index (χ3n) is 3.84. The molecule has 3 rings (SSSR count). The summed E-state index contributed by atoms with van der Waals surface area (Å²) in [6, 6.07) is 6.63. The zero-order chi connectivity index (χ0) is 13.4. The molecule has 2 aromatic rings. The van der Waals surface area contributed by atoms with E-state index in [1.54, 1.807) is 0 Å². The summed E-state index contributed by atoms with van der Waals surface area (Å²) < 4.78 is 8.98. The molecule has 4 nitrogen and oxygen atoms in total. The van der Waals surface area contributed by atoms with Gasteiger partial charge in [-0.1, -0.05) is 15.9 Å². The summed E-state index contributed by atoms with van der Waals surface area (Å²) in [6.45, 7) is 4.60. The number of hydrogen-bond donors (Lipinski definition) is 1. The molecule has 0 saturated carbocycles. The lowest BCUT2D eigenvalue weighted by Crippen LogP contribution is -2.32. The molecule has 0 aliphatic carbocycles. The Hall–Kier alpha value is -0.910. The second-order valence-corrected chi connectivity index (χ2v) is 5.80. The van der Waals surface area contributed by atoms with Gasteiger partial charge in [0.1, 0.15) is 5.82 Å². The smallest absolute Gasteiger partial charge is 0.116 e. The highest BCUT2D eigenvalue weighted by atomic mass is 79.9. The SMILES string of the molecule is CCn1c(C2COCC2NC)nc2cc(Br)ccc21. The Morgan fingerprint density at radius 3 is 3.05 bits per heavy atom. The number of imidazole rings is 1. The molecule has 1 fully saturated rings. The van der Waals surface area contributed by atoms with Crippen molar-refractivity contribution in [2.45, 2.75) is 25.4 Å². The van der Waals surface area contributed by atoms with Gasteiger partial charge in [0.25, 0.3) is 0 Å². The summed E-state index contributed by atoms with van der Waals surface area (Å²) in [5.74, 6) is 1.46. The molecule has 0 amide bonds. The number of benzene rings is 1. The van der Waals surface area contributed by atoms with E-state index in [0.29, 0.717) is 12.0 Å². The number of ether oxygens (including phenoxy) is 1. The minimum Gasteiger partial charge on any atom is -0.379 e. The van der Waals surface area contributed by atoms with Gasteiger partial charge in [-0.3, -0.25) is 0 Å². The quantitative estimate of drug-likeness (QED) is 0.943. The number of halogens is 1. The molecular weight excluding hydrogens is 306 g/mol. The molecular formula is C14H18BrN3O. The number of nitrogens with one attached hydrogen (secondary N) is 1. The van der Waals surface area contributed by atoms with Crippen LogP contribution >= 0.6 is 15.9 Å². The van der Waals surface area contributed by atoms with Crippen molar-refractivity contribution in [3.05, 3.63) is 28.5 Å². The Labute approximate surface area is 121 Å². The summed E-state index contributed by atoms with van der Waals surface area (Å²) in [5.41, 5.74) is 2.25. The van der Waals surface area contributed by atoms with Gasteiger partial charge < -0.3 is 14.6 Å². The number of fused-ring (bicyclic) bond motifs is 1. The molecule has 102 valence electrons. The minimum absolute atomic E-state index is 0.330. The normalized spacial score (nSPS) is 23.3. The van der Waals surface area contributed by atoms with Crippen LogP contribution in [0, 0.1) is 0 Å². The summed E-state index contributed by atoms with van der Waals surface area (Å²) in [7, 11) is 1.99. The lowest BCUT2D eigenvalue weighted by molar-refractivity contribution is 0.187. The first kappa shape index (κ1) is 13.1. The number of rotatable bonds is 3. The molecule has 1 saturated heterocycles. The van der Waals surface area contributed by atoms with Gasteiger partial charge in [-0.15, -0.1) is 0 Å². The second kappa shape index (κ2) is 5.23. The second-order valence-electron chi connectivity index (χ2n) is 4.89. The molecule has 2 heterocycles. The largest absolute Gasteiger partial charge is 0.379 e. The van der Waals surface area contributed by atoms with Gasteiger partial charge in [-0.25, -0.2) is 4.98 Å². The van der Waals surface area contributed by atoms with Gasteiger partial charge >= 0.3 is 0 Å². The maximum atomic E-state index is 5.61. The molecule has 1 aliphatic rings. The summed E-state index contributed by atoms with van der Waals surface area (Å²) >= 11 is 3.51. The van der Waals surface area contributed by atoms with Crippen molar-refractivity contribution < 1.29 is 4.74 Å². The van der Waals surface area contributed by atoms with Gasteiger partial charge in [0, 0.05) is 17.1 Å². The zero-order valence-electron chi connectivity index (χ0n) is 11.2. The van der Waals surface area contributed by atoms with E-state index >= 15 is 0 Å². The Balaban J connectivity index is 2.12. The van der Waals surface area contributed by atoms with Crippen LogP contribution < -0.4 is 5.32 Å². The average Bonchev–Trinajstić information content (AvgIpc) is 3.00. The van der Waals surface area contributed by atoms with Crippen LogP contribution in [-0.4, -0.2) is 35.9 Å². The fraction of sp³-hybridized carbons (Fsp3) is 0.500. The van der Waals surface area contributed by atoms with Gasteiger partial charge in [0.2, 0.25) is 0 Å². The van der Waals surface area contributed by atoms with Crippen molar-refractivity contribution in [2.75, 3.05) is 20.3 Å². The van der Waals surface area contributed by atoms with E-state index < -0.39 is 0 Å². The molecule has 1 aromatic heterocycles. The van der Waals surface area contributed by atoms with E-state index in [1.165, 1.54) is 5.52 Å². The Bertz CT molecular complexity index is 596. The van der Waals surface area contributed by atoms with Crippen molar-refractivity contribution in [2.24, 2.45) is 0 Å². The fourth-order valence-corrected chi connectivity index (χ4v) is 3.18. The van der Waals surface area contributed by atoms with E-state index in [2.05, 4.69) is 50.9 Å². The standard InChI is InChI=1S/C14H18BrN3O/c1-3-18-13-5-4-9(15)6-11(13)17-14(18)10-7-19-8-12(10)16-2/h4-6,10,12,16H,3,7-8H2,1-2H3. The lowest BCUT2D eigenvalue weighted by atomic mass is 10.0. The fourth-order valence-electron chi connectivity index (χ4n) is 2.83. The predicted molar refractivity (Wildman–Crippen MR) is 79.5 cm³/mol. The van der Waals surface area contributed by atoms with Crippen LogP contribution in [0.25, 0.3) is 11.0 Å². The van der Waals surface area contributed by atoms with Gasteiger partial charge in [-0.2, -0.15) is 0 Å². The van der Waals surface area contributed by atoms with Crippen LogP contribution in [0.15, 0.2) is 22.7 Å². The number of hydrogen-bond acceptors (Lipinski definition) is 3. The number of aromatic nitrogens is 2. The van der Waals surface area contributed by atoms with E-state index in [4.69, 9.17) is 9.72 Å². The Morgan fingerprint density at radius 2 is 2.32 bits per heavy atom. The monoisotopic (exact) mass is 323 g/mol. The molecule has 1 aliphatic heterocycles. The van der Waals surface area contributed by atoms with Crippen molar-refractivity contribution in [1.29, 1.82) is 0 Å². The minimum atomic E-state index is 0.330. The lowest BCUT2D eigenvalue weighted by Gasteiger charge is -2.17. The van der Waals surface area contributed by atoms with Crippen LogP contribution in [0.5, 0.6) is 0 Å². The topological polar surface area (TPSA) is 39.1 Å². The molecule has 1 aromatic carbocycles. The first-order chi connectivity index (χ1) is 9.24. The van der Waals surface area contributed by atoms with E-state index in [0.717, 1.165) is 35.6 Å². The molecule has 2 unspecified atom stereocenters. The third kappa shape index (κ3) is 2.20. The number of likely N-dealkylation sites (N-methyl/N-ethyl adjacent to an activating group) is 1. The van der Waals surface area contributed by atoms with Crippen LogP contribution in [0.2, 0.25) is 0 Å². The van der Waals surface area contributed by atoms with E-state index in [-0.39, 0.29) is 0 Å².